The van der Waals surface area contributed by atoms with Crippen LogP contribution in [0.4, 0.5) is 0 Å². The number of aromatic nitrogens is 1. The molecule has 1 aromatic heterocycles. The average molecular weight is 587 g/mol. The van der Waals surface area contributed by atoms with Crippen molar-refractivity contribution < 1.29 is 14.4 Å². The van der Waals surface area contributed by atoms with E-state index in [2.05, 4.69) is 61.9 Å². The fourth-order valence-electron chi connectivity index (χ4n) is 4.89. The van der Waals surface area contributed by atoms with Gasteiger partial charge in [-0.25, -0.2) is 4.98 Å². The number of benzene rings is 1. The Morgan fingerprint density at radius 1 is 1.15 bits per heavy atom. The molecule has 2 N–H and O–H groups in total. The lowest BCUT2D eigenvalue weighted by atomic mass is 9.91. The first-order chi connectivity index (χ1) is 19.1. The molecule has 0 unspecified atom stereocenters. The fourth-order valence-corrected chi connectivity index (χ4v) is 6.97. The molecule has 2 heterocycles. The van der Waals surface area contributed by atoms with Crippen molar-refractivity contribution in [3.63, 3.8) is 0 Å². The number of fused-ring (bicyclic) bond motifs is 1. The highest BCUT2D eigenvalue weighted by molar-refractivity contribution is 7.99. The number of Topliss-reactive ketones (excluding diaryl/α,β-unsaturated/α-hetero) is 1. The van der Waals surface area contributed by atoms with E-state index in [0.717, 1.165) is 46.2 Å². The second-order valence-electron chi connectivity index (χ2n) is 11.2. The van der Waals surface area contributed by atoms with E-state index in [4.69, 9.17) is 4.98 Å². The lowest BCUT2D eigenvalue weighted by Gasteiger charge is -2.28. The smallest absolute Gasteiger partial charge is 0.224 e. The van der Waals surface area contributed by atoms with E-state index in [-0.39, 0.29) is 36.0 Å². The van der Waals surface area contributed by atoms with Crippen LogP contribution in [-0.2, 0) is 20.8 Å². The minimum atomic E-state index is -0.542. The van der Waals surface area contributed by atoms with Gasteiger partial charge in [0.2, 0.25) is 11.8 Å². The van der Waals surface area contributed by atoms with Crippen molar-refractivity contribution in [1.29, 1.82) is 0 Å². The predicted octanol–water partition coefficient (Wildman–Crippen LogP) is 5.20. The molecular weight excluding hydrogens is 541 g/mol. The van der Waals surface area contributed by atoms with Crippen molar-refractivity contribution in [3.8, 4) is 0 Å². The van der Waals surface area contributed by atoms with Gasteiger partial charge in [-0.1, -0.05) is 46.8 Å². The molecule has 1 fully saturated rings. The number of carbonyl (C=O) groups is 3. The number of rotatable bonds is 15. The second kappa shape index (κ2) is 15.7. The molecule has 2 amide bonds. The minimum Gasteiger partial charge on any atom is -0.359 e. The molecule has 1 aliphatic heterocycles. The van der Waals surface area contributed by atoms with Crippen molar-refractivity contribution in [1.82, 2.24) is 20.5 Å². The van der Waals surface area contributed by atoms with Crippen LogP contribution < -0.4 is 10.6 Å². The first-order valence-electron chi connectivity index (χ1n) is 14.5. The Kier molecular flexibility index (Phi) is 12.7. The highest BCUT2D eigenvalue weighted by Gasteiger charge is 2.28. The van der Waals surface area contributed by atoms with Crippen LogP contribution in [0.2, 0.25) is 0 Å². The van der Waals surface area contributed by atoms with Crippen molar-refractivity contribution in [2.24, 2.45) is 11.8 Å². The lowest BCUT2D eigenvalue weighted by Crippen LogP contribution is -2.44. The van der Waals surface area contributed by atoms with Gasteiger partial charge in [-0.2, -0.15) is 11.8 Å². The predicted molar refractivity (Wildman–Crippen MR) is 168 cm³/mol. The molecule has 2 aromatic rings. The van der Waals surface area contributed by atoms with Crippen LogP contribution in [0, 0.1) is 11.8 Å². The number of hydrogen-bond acceptors (Lipinski definition) is 7. The van der Waals surface area contributed by atoms with Gasteiger partial charge in [0.05, 0.1) is 21.1 Å². The third-order valence-electron chi connectivity index (χ3n) is 7.88. The average Bonchev–Trinajstić information content (AvgIpc) is 3.36. The van der Waals surface area contributed by atoms with Crippen LogP contribution in [0.15, 0.2) is 30.4 Å². The van der Waals surface area contributed by atoms with Crippen molar-refractivity contribution in [2.45, 2.75) is 71.8 Å². The zero-order valence-electron chi connectivity index (χ0n) is 24.8. The summed E-state index contributed by atoms with van der Waals surface area (Å²) in [4.78, 5) is 46.0. The Morgan fingerprint density at radius 3 is 2.52 bits per heavy atom. The molecule has 7 nitrogen and oxygen atoms in total. The number of thioether (sulfide) groups is 1. The van der Waals surface area contributed by atoms with Gasteiger partial charge in [0, 0.05) is 69.1 Å². The molecule has 1 saturated heterocycles. The number of nitrogens with zero attached hydrogens (tertiary/aromatic N) is 2. The van der Waals surface area contributed by atoms with Gasteiger partial charge in [0.25, 0.3) is 0 Å². The molecule has 0 bridgehead atoms. The Bertz CT molecular complexity index is 1170. The van der Waals surface area contributed by atoms with Crippen LogP contribution in [0.1, 0.15) is 69.9 Å². The summed E-state index contributed by atoms with van der Waals surface area (Å²) in [5.41, 5.74) is 2.82. The largest absolute Gasteiger partial charge is 0.359 e. The summed E-state index contributed by atoms with van der Waals surface area (Å²) in [5.74, 6) is 2.00. The number of hydrogen-bond donors (Lipinski definition) is 2. The van der Waals surface area contributed by atoms with Crippen LogP contribution >= 0.6 is 23.1 Å². The van der Waals surface area contributed by atoms with E-state index in [9.17, 15) is 14.4 Å². The molecule has 1 aliphatic rings. The van der Waals surface area contributed by atoms with E-state index >= 15 is 0 Å². The Morgan fingerprint density at radius 2 is 1.88 bits per heavy atom. The molecule has 0 saturated carbocycles. The van der Waals surface area contributed by atoms with Crippen LogP contribution in [-0.4, -0.2) is 71.7 Å². The van der Waals surface area contributed by atoms with Crippen LogP contribution in [0.5, 0.6) is 0 Å². The molecule has 220 valence electrons. The van der Waals surface area contributed by atoms with Crippen LogP contribution in [0.3, 0.4) is 0 Å². The Labute approximate surface area is 248 Å². The number of ketones is 1. The zero-order valence-corrected chi connectivity index (χ0v) is 26.4. The molecule has 1 aromatic carbocycles. The third kappa shape index (κ3) is 9.42. The van der Waals surface area contributed by atoms with Crippen LogP contribution in [0.25, 0.3) is 10.2 Å². The van der Waals surface area contributed by atoms with E-state index in [1.165, 1.54) is 5.56 Å². The number of carbonyl (C=O) groups excluding carboxylic acids is 3. The normalized spacial score (nSPS) is 16.4. The Balaban J connectivity index is 1.67. The number of amides is 2. The summed E-state index contributed by atoms with van der Waals surface area (Å²) in [6.07, 6.45) is 2.27. The highest BCUT2D eigenvalue weighted by atomic mass is 32.2. The van der Waals surface area contributed by atoms with E-state index in [0.29, 0.717) is 37.3 Å². The molecule has 0 radical (unpaired) electrons. The molecular formula is C31H46N4O3S2. The highest BCUT2D eigenvalue weighted by Crippen LogP contribution is 2.28. The van der Waals surface area contributed by atoms with Gasteiger partial charge in [0.15, 0.2) is 5.78 Å². The second-order valence-corrected chi connectivity index (χ2v) is 13.6. The maximum Gasteiger partial charge on any atom is 0.224 e. The lowest BCUT2D eigenvalue weighted by molar-refractivity contribution is -0.131. The summed E-state index contributed by atoms with van der Waals surface area (Å²) in [7, 11) is 1.59. The van der Waals surface area contributed by atoms with Gasteiger partial charge in [0.1, 0.15) is 0 Å². The van der Waals surface area contributed by atoms with Gasteiger partial charge in [-0.05, 0) is 36.0 Å². The summed E-state index contributed by atoms with van der Waals surface area (Å²) >= 11 is 3.53. The third-order valence-corrected chi connectivity index (χ3v) is 9.86. The zero-order chi connectivity index (χ0) is 29.2. The van der Waals surface area contributed by atoms with Crippen molar-refractivity contribution >= 4 is 50.9 Å². The van der Waals surface area contributed by atoms with Gasteiger partial charge in [-0.3, -0.25) is 19.3 Å². The number of nitrogens with one attached hydrogen (secondary N) is 2. The Hall–Kier alpha value is -2.23. The summed E-state index contributed by atoms with van der Waals surface area (Å²) < 4.78 is 1.10. The van der Waals surface area contributed by atoms with Gasteiger partial charge in [-0.15, -0.1) is 11.3 Å². The summed E-state index contributed by atoms with van der Waals surface area (Å²) in [6, 6.07) is 6.15. The van der Waals surface area contributed by atoms with E-state index < -0.39 is 5.92 Å². The molecule has 40 heavy (non-hydrogen) atoms. The first-order valence-corrected chi connectivity index (χ1v) is 16.5. The van der Waals surface area contributed by atoms with Gasteiger partial charge < -0.3 is 10.6 Å². The molecule has 9 heteroatoms. The standard InChI is InChI=1S/C31H46N4O3S2/c1-7-21(4)25(10-11-27(36)22(5)19-35-12-14-39-15-13-35)34-31(38)24(17-29(37)32-6)18-30-33-26-9-8-23(20(2)3)16-28(26)40-30/h8-9,16,20-21,24-25H,5,7,10-15,17-19H2,1-4,6H3,(H,32,37)(H,34,38)/t21-,24-,25+/m0/s1. The maximum absolute atomic E-state index is 13.6. The monoisotopic (exact) mass is 586 g/mol. The molecule has 3 atom stereocenters. The summed E-state index contributed by atoms with van der Waals surface area (Å²) in [6.45, 7) is 15.2. The van der Waals surface area contributed by atoms with Crippen molar-refractivity contribution in [2.75, 3.05) is 38.2 Å². The molecule has 0 aliphatic carbocycles. The van der Waals surface area contributed by atoms with E-state index in [1.807, 2.05) is 17.8 Å². The van der Waals surface area contributed by atoms with E-state index in [1.54, 1.807) is 18.4 Å². The number of thiazole rings is 1. The SMILES string of the molecule is C=C(CN1CCSCC1)C(=O)CC[C@@H](NC(=O)[C@@H](CC(=O)NC)Cc1nc2ccc(C(C)C)cc2s1)[C@@H](C)CC. The maximum atomic E-state index is 13.6. The minimum absolute atomic E-state index is 0.0675. The topological polar surface area (TPSA) is 91.4 Å². The summed E-state index contributed by atoms with van der Waals surface area (Å²) in [5, 5.41) is 6.72. The van der Waals surface area contributed by atoms with Gasteiger partial charge >= 0.3 is 0 Å². The fraction of sp³-hybridized carbons (Fsp3) is 0.613. The quantitative estimate of drug-likeness (QED) is 0.279. The molecule has 0 spiro atoms. The molecule has 3 rings (SSSR count). The first kappa shape index (κ1) is 32.3. The van der Waals surface area contributed by atoms with Crippen molar-refractivity contribution in [3.05, 3.63) is 40.9 Å².